The van der Waals surface area contributed by atoms with Gasteiger partial charge in [-0.25, -0.2) is 4.98 Å². The number of rotatable bonds is 6. The molecule has 8 nitrogen and oxygen atoms in total. The van der Waals surface area contributed by atoms with E-state index in [1.165, 1.54) is 4.70 Å². The number of H-pyrrole nitrogens is 1. The van der Waals surface area contributed by atoms with E-state index in [-0.39, 0.29) is 17.4 Å². The zero-order valence-electron chi connectivity index (χ0n) is 18.6. The van der Waals surface area contributed by atoms with Gasteiger partial charge in [0.2, 0.25) is 0 Å². The SMILES string of the molecule is O=C(Nc1n[nH]c(C(=O)NCC2CCN(c3nc4ccccc4s3)CC2)c1Br)c1ccccc1Cl. The summed E-state index contributed by atoms with van der Waals surface area (Å²) in [6, 6.07) is 14.9. The fourth-order valence-corrected chi connectivity index (χ4v) is 5.73. The number of hydrogen-bond acceptors (Lipinski definition) is 6. The van der Waals surface area contributed by atoms with E-state index in [1.54, 1.807) is 35.6 Å². The Kier molecular flexibility index (Phi) is 7.03. The third-order valence-corrected chi connectivity index (χ3v) is 8.20. The van der Waals surface area contributed by atoms with E-state index in [0.717, 1.165) is 36.6 Å². The Morgan fingerprint density at radius 2 is 1.86 bits per heavy atom. The predicted octanol–water partition coefficient (Wildman–Crippen LogP) is 5.33. The standard InChI is InChI=1S/C24H22BrClN6O2S/c25-19-20(30-31-21(19)29-22(33)15-5-1-2-6-16(15)26)23(34)27-13-14-9-11-32(12-10-14)24-28-17-7-3-4-8-18(17)35-24/h1-8,14H,9-13H2,(H,27,34)(H2,29,30,31,33). The van der Waals surface area contributed by atoms with Crippen LogP contribution in [-0.2, 0) is 0 Å². The van der Waals surface area contributed by atoms with Crippen LogP contribution in [0.5, 0.6) is 0 Å². The summed E-state index contributed by atoms with van der Waals surface area (Å²) in [5.74, 6) is -0.0826. The number of nitrogens with zero attached hydrogens (tertiary/aromatic N) is 3. The summed E-state index contributed by atoms with van der Waals surface area (Å²) < 4.78 is 1.59. The number of para-hydroxylation sites is 1. The Labute approximate surface area is 219 Å². The molecule has 0 unspecified atom stereocenters. The minimum absolute atomic E-state index is 0.226. The molecule has 2 amide bonds. The van der Waals surface area contributed by atoms with Crippen molar-refractivity contribution in [2.75, 3.05) is 29.9 Å². The van der Waals surface area contributed by atoms with Crippen LogP contribution in [0.3, 0.4) is 0 Å². The maximum atomic E-state index is 12.8. The van der Waals surface area contributed by atoms with Crippen molar-refractivity contribution in [1.29, 1.82) is 0 Å². The van der Waals surface area contributed by atoms with Gasteiger partial charge in [-0.2, -0.15) is 5.10 Å². The molecule has 0 radical (unpaired) electrons. The van der Waals surface area contributed by atoms with Crippen LogP contribution in [-0.4, -0.2) is 46.6 Å². The molecule has 11 heteroatoms. The molecular weight excluding hydrogens is 552 g/mol. The van der Waals surface area contributed by atoms with Gasteiger partial charge in [-0.1, -0.05) is 47.2 Å². The lowest BCUT2D eigenvalue weighted by Gasteiger charge is -2.31. The maximum Gasteiger partial charge on any atom is 0.270 e. The van der Waals surface area contributed by atoms with Crippen molar-refractivity contribution in [3.05, 3.63) is 69.3 Å². The Balaban J connectivity index is 1.14. The quantitative estimate of drug-likeness (QED) is 0.289. The first kappa shape index (κ1) is 23.8. The van der Waals surface area contributed by atoms with Crippen molar-refractivity contribution in [3.8, 4) is 0 Å². The summed E-state index contributed by atoms with van der Waals surface area (Å²) in [5.41, 5.74) is 1.62. The minimum Gasteiger partial charge on any atom is -0.350 e. The van der Waals surface area contributed by atoms with Gasteiger partial charge in [0.05, 0.1) is 25.3 Å². The molecule has 0 spiro atoms. The van der Waals surface area contributed by atoms with E-state index in [2.05, 4.69) is 47.7 Å². The first-order valence-electron chi connectivity index (χ1n) is 11.2. The molecule has 1 aliphatic rings. The highest BCUT2D eigenvalue weighted by Crippen LogP contribution is 2.31. The van der Waals surface area contributed by atoms with Crippen molar-refractivity contribution in [3.63, 3.8) is 0 Å². The van der Waals surface area contributed by atoms with Crippen molar-refractivity contribution >= 4 is 71.8 Å². The Morgan fingerprint density at radius 3 is 2.63 bits per heavy atom. The highest BCUT2D eigenvalue weighted by molar-refractivity contribution is 9.10. The third-order valence-electron chi connectivity index (χ3n) is 6.00. The van der Waals surface area contributed by atoms with Gasteiger partial charge in [-0.15, -0.1) is 0 Å². The summed E-state index contributed by atoms with van der Waals surface area (Å²) in [4.78, 5) is 32.3. The molecule has 1 aliphatic heterocycles. The fraction of sp³-hybridized carbons (Fsp3) is 0.250. The van der Waals surface area contributed by atoms with Gasteiger partial charge in [0.15, 0.2) is 10.9 Å². The summed E-state index contributed by atoms with van der Waals surface area (Å²) in [7, 11) is 0. The molecule has 5 rings (SSSR count). The second-order valence-electron chi connectivity index (χ2n) is 8.30. The number of carbonyl (C=O) groups is 2. The number of hydrogen-bond donors (Lipinski definition) is 3. The molecule has 2 aromatic carbocycles. The third kappa shape index (κ3) is 5.19. The molecule has 0 aliphatic carbocycles. The zero-order chi connectivity index (χ0) is 24.4. The number of aromatic nitrogens is 3. The Bertz CT molecular complexity index is 1350. The Hall–Kier alpha value is -2.95. The Morgan fingerprint density at radius 1 is 1.11 bits per heavy atom. The van der Waals surface area contributed by atoms with Crippen LogP contribution in [0, 0.1) is 5.92 Å². The van der Waals surface area contributed by atoms with E-state index < -0.39 is 5.91 Å². The first-order valence-corrected chi connectivity index (χ1v) is 13.2. The van der Waals surface area contributed by atoms with Gasteiger partial charge < -0.3 is 15.5 Å². The average molecular weight is 574 g/mol. The number of anilines is 2. The number of piperidine rings is 1. The fourth-order valence-electron chi connectivity index (χ4n) is 4.03. The van der Waals surface area contributed by atoms with Gasteiger partial charge in [-0.3, -0.25) is 14.7 Å². The van der Waals surface area contributed by atoms with Crippen LogP contribution < -0.4 is 15.5 Å². The average Bonchev–Trinajstić information content (AvgIpc) is 3.47. The van der Waals surface area contributed by atoms with Gasteiger partial charge in [-0.05, 0) is 59.0 Å². The molecule has 3 heterocycles. The van der Waals surface area contributed by atoms with Crippen LogP contribution >= 0.6 is 38.9 Å². The van der Waals surface area contributed by atoms with Crippen molar-refractivity contribution in [2.45, 2.75) is 12.8 Å². The highest BCUT2D eigenvalue weighted by atomic mass is 79.9. The number of halogens is 2. The van der Waals surface area contributed by atoms with E-state index in [4.69, 9.17) is 16.6 Å². The highest BCUT2D eigenvalue weighted by Gasteiger charge is 2.24. The van der Waals surface area contributed by atoms with Gasteiger partial charge in [0.1, 0.15) is 5.69 Å². The minimum atomic E-state index is -0.408. The van der Waals surface area contributed by atoms with Crippen LogP contribution in [0.25, 0.3) is 10.2 Å². The number of amides is 2. The van der Waals surface area contributed by atoms with Crippen molar-refractivity contribution in [2.24, 2.45) is 5.92 Å². The van der Waals surface area contributed by atoms with E-state index >= 15 is 0 Å². The summed E-state index contributed by atoms with van der Waals surface area (Å²) in [6.07, 6.45) is 1.94. The molecule has 0 bridgehead atoms. The lowest BCUT2D eigenvalue weighted by Crippen LogP contribution is -2.38. The number of aromatic amines is 1. The van der Waals surface area contributed by atoms with Crippen LogP contribution in [0.2, 0.25) is 5.02 Å². The summed E-state index contributed by atoms with van der Waals surface area (Å²) >= 11 is 11.2. The molecule has 0 atom stereocenters. The molecule has 2 aromatic heterocycles. The smallest absolute Gasteiger partial charge is 0.270 e. The van der Waals surface area contributed by atoms with Crippen LogP contribution in [0.4, 0.5) is 10.9 Å². The second-order valence-corrected chi connectivity index (χ2v) is 10.5. The monoisotopic (exact) mass is 572 g/mol. The number of fused-ring (bicyclic) bond motifs is 1. The van der Waals surface area contributed by atoms with Crippen molar-refractivity contribution in [1.82, 2.24) is 20.5 Å². The number of nitrogens with one attached hydrogen (secondary N) is 3. The first-order chi connectivity index (χ1) is 17.0. The van der Waals surface area contributed by atoms with E-state index in [1.807, 2.05) is 18.2 Å². The van der Waals surface area contributed by atoms with E-state index in [0.29, 0.717) is 27.5 Å². The van der Waals surface area contributed by atoms with Gasteiger partial charge in [0, 0.05) is 19.6 Å². The van der Waals surface area contributed by atoms with Crippen LogP contribution in [0.15, 0.2) is 53.0 Å². The maximum absolute atomic E-state index is 12.8. The topological polar surface area (TPSA) is 103 Å². The molecule has 180 valence electrons. The zero-order valence-corrected chi connectivity index (χ0v) is 21.7. The predicted molar refractivity (Wildman–Crippen MR) is 143 cm³/mol. The summed E-state index contributed by atoms with van der Waals surface area (Å²) in [6.45, 7) is 2.39. The molecule has 1 saturated heterocycles. The van der Waals surface area contributed by atoms with Crippen molar-refractivity contribution < 1.29 is 9.59 Å². The molecule has 0 saturated carbocycles. The lowest BCUT2D eigenvalue weighted by atomic mass is 9.97. The van der Waals surface area contributed by atoms with Gasteiger partial charge >= 0.3 is 0 Å². The number of thiazole rings is 1. The molecular formula is C24H22BrClN6O2S. The van der Waals surface area contributed by atoms with Crippen LogP contribution in [0.1, 0.15) is 33.7 Å². The number of benzene rings is 2. The normalized spacial score (nSPS) is 14.3. The molecule has 35 heavy (non-hydrogen) atoms. The lowest BCUT2D eigenvalue weighted by molar-refractivity contribution is 0.0938. The molecule has 4 aromatic rings. The molecule has 3 N–H and O–H groups in total. The largest absolute Gasteiger partial charge is 0.350 e. The summed E-state index contributed by atoms with van der Waals surface area (Å²) in [5, 5.41) is 13.8. The van der Waals surface area contributed by atoms with Gasteiger partial charge in [0.25, 0.3) is 11.8 Å². The molecule has 1 fully saturated rings. The number of carbonyl (C=O) groups excluding carboxylic acids is 2. The van der Waals surface area contributed by atoms with E-state index in [9.17, 15) is 9.59 Å². The second kappa shape index (κ2) is 10.3.